The van der Waals surface area contributed by atoms with Crippen molar-refractivity contribution in [1.29, 1.82) is 0 Å². The van der Waals surface area contributed by atoms with E-state index >= 15 is 0 Å². The van der Waals surface area contributed by atoms with Crippen LogP contribution in [0.2, 0.25) is 0 Å². The summed E-state index contributed by atoms with van der Waals surface area (Å²) in [5, 5.41) is 0. The zero-order valence-electron chi connectivity index (χ0n) is 12.1. The molecule has 0 radical (unpaired) electrons. The van der Waals surface area contributed by atoms with Crippen molar-refractivity contribution >= 4 is 5.91 Å². The topological polar surface area (TPSA) is 29.5 Å². The number of likely N-dealkylation sites (tertiary alicyclic amines) is 1. The van der Waals surface area contributed by atoms with Crippen molar-refractivity contribution in [2.75, 3.05) is 13.1 Å². The van der Waals surface area contributed by atoms with Gasteiger partial charge in [0, 0.05) is 13.1 Å². The van der Waals surface area contributed by atoms with E-state index < -0.39 is 0 Å². The lowest BCUT2D eigenvalue weighted by molar-refractivity contribution is -0.137. The van der Waals surface area contributed by atoms with Crippen LogP contribution in [0.3, 0.4) is 0 Å². The summed E-state index contributed by atoms with van der Waals surface area (Å²) in [6.45, 7) is 4.23. The van der Waals surface area contributed by atoms with Gasteiger partial charge in [0.05, 0.1) is 18.1 Å². The first-order valence-corrected chi connectivity index (χ1v) is 8.22. The number of hydrogen-bond donors (Lipinski definition) is 0. The summed E-state index contributed by atoms with van der Waals surface area (Å²) in [5.41, 5.74) is 0. The second kappa shape index (κ2) is 5.82. The molecule has 3 heteroatoms. The molecule has 0 unspecified atom stereocenters. The van der Waals surface area contributed by atoms with Crippen LogP contribution >= 0.6 is 0 Å². The van der Waals surface area contributed by atoms with Crippen molar-refractivity contribution in [2.45, 2.75) is 70.5 Å². The van der Waals surface area contributed by atoms with Gasteiger partial charge in [-0.25, -0.2) is 0 Å². The molecule has 0 N–H and O–H groups in total. The van der Waals surface area contributed by atoms with E-state index in [-0.39, 0.29) is 12.0 Å². The van der Waals surface area contributed by atoms with Crippen molar-refractivity contribution in [3.63, 3.8) is 0 Å². The van der Waals surface area contributed by atoms with Gasteiger partial charge in [-0.15, -0.1) is 0 Å². The molecule has 3 aliphatic heterocycles. The Balaban J connectivity index is 1.55. The fourth-order valence-corrected chi connectivity index (χ4v) is 4.21. The van der Waals surface area contributed by atoms with E-state index in [1.165, 1.54) is 38.5 Å². The number of hydrogen-bond acceptors (Lipinski definition) is 2. The predicted octanol–water partition coefficient (Wildman–Crippen LogP) is 2.98. The second-order valence-electron chi connectivity index (χ2n) is 6.63. The molecular weight excluding hydrogens is 238 g/mol. The number of ether oxygens (including phenoxy) is 1. The third kappa shape index (κ3) is 2.81. The smallest absolute Gasteiger partial charge is 0.228 e. The molecule has 3 aliphatic rings. The summed E-state index contributed by atoms with van der Waals surface area (Å²) in [6.07, 6.45) is 10.2. The molecule has 0 aromatic rings. The summed E-state index contributed by atoms with van der Waals surface area (Å²) in [6, 6.07) is 0. The molecule has 4 atom stereocenters. The van der Waals surface area contributed by atoms with E-state index in [9.17, 15) is 4.79 Å². The minimum absolute atomic E-state index is 0.182. The van der Waals surface area contributed by atoms with Gasteiger partial charge in [-0.05, 0) is 44.4 Å². The van der Waals surface area contributed by atoms with Crippen LogP contribution in [-0.2, 0) is 9.53 Å². The number of carbonyl (C=O) groups is 1. The maximum Gasteiger partial charge on any atom is 0.228 e. The molecular formula is C16H27NO2. The normalized spacial score (nSPS) is 38.5. The van der Waals surface area contributed by atoms with Gasteiger partial charge in [0.2, 0.25) is 5.91 Å². The average Bonchev–Trinajstić information content (AvgIpc) is 2.97. The monoisotopic (exact) mass is 265 g/mol. The van der Waals surface area contributed by atoms with E-state index in [1.54, 1.807) is 0 Å². The summed E-state index contributed by atoms with van der Waals surface area (Å²) in [4.78, 5) is 14.8. The molecule has 0 saturated carbocycles. The second-order valence-corrected chi connectivity index (χ2v) is 6.63. The van der Waals surface area contributed by atoms with Gasteiger partial charge in [0.25, 0.3) is 0 Å². The maximum absolute atomic E-state index is 12.7. The van der Waals surface area contributed by atoms with Gasteiger partial charge >= 0.3 is 0 Å². The van der Waals surface area contributed by atoms with Gasteiger partial charge in [-0.2, -0.15) is 0 Å². The van der Waals surface area contributed by atoms with E-state index in [0.29, 0.717) is 12.0 Å². The quantitative estimate of drug-likeness (QED) is 0.785. The van der Waals surface area contributed by atoms with E-state index in [2.05, 4.69) is 11.8 Å². The van der Waals surface area contributed by atoms with Crippen LogP contribution in [0.1, 0.15) is 58.3 Å². The molecule has 0 spiro atoms. The fraction of sp³-hybridized carbons (Fsp3) is 0.938. The van der Waals surface area contributed by atoms with Gasteiger partial charge in [0.15, 0.2) is 0 Å². The van der Waals surface area contributed by atoms with Crippen molar-refractivity contribution in [2.24, 2.45) is 11.8 Å². The van der Waals surface area contributed by atoms with Gasteiger partial charge in [-0.1, -0.05) is 19.8 Å². The number of amides is 1. The molecule has 3 heterocycles. The predicted molar refractivity (Wildman–Crippen MR) is 74.8 cm³/mol. The van der Waals surface area contributed by atoms with E-state index in [4.69, 9.17) is 4.74 Å². The van der Waals surface area contributed by atoms with Crippen molar-refractivity contribution in [3.8, 4) is 0 Å². The molecule has 0 aliphatic carbocycles. The van der Waals surface area contributed by atoms with Crippen LogP contribution in [0.4, 0.5) is 0 Å². The molecule has 3 fully saturated rings. The molecule has 19 heavy (non-hydrogen) atoms. The highest BCUT2D eigenvalue weighted by molar-refractivity contribution is 5.80. The lowest BCUT2D eigenvalue weighted by atomic mass is 9.88. The zero-order chi connectivity index (χ0) is 13.2. The maximum atomic E-state index is 12.7. The van der Waals surface area contributed by atoms with Crippen LogP contribution in [0, 0.1) is 11.8 Å². The highest BCUT2D eigenvalue weighted by Crippen LogP contribution is 2.40. The number of fused-ring (bicyclic) bond motifs is 2. The third-order valence-electron chi connectivity index (χ3n) is 5.28. The zero-order valence-corrected chi connectivity index (χ0v) is 12.1. The Labute approximate surface area is 116 Å². The molecule has 0 aromatic carbocycles. The Hall–Kier alpha value is -0.570. The standard InChI is InChI=1S/C16H27NO2/c1-2-4-12-5-3-9-17(10-8-12)16(18)14-11-13-6-7-15(14)19-13/h12-15H,2-11H2,1H3/t12-,13+,14+,15+/m0/s1. The fourth-order valence-electron chi connectivity index (χ4n) is 4.21. The molecule has 108 valence electrons. The van der Waals surface area contributed by atoms with Crippen LogP contribution in [-0.4, -0.2) is 36.1 Å². The molecule has 3 saturated heterocycles. The minimum Gasteiger partial charge on any atom is -0.374 e. The van der Waals surface area contributed by atoms with Crippen LogP contribution in [0.25, 0.3) is 0 Å². The molecule has 3 nitrogen and oxygen atoms in total. The molecule has 2 bridgehead atoms. The first-order chi connectivity index (χ1) is 9.28. The highest BCUT2D eigenvalue weighted by Gasteiger charge is 2.45. The summed E-state index contributed by atoms with van der Waals surface area (Å²) < 4.78 is 5.84. The van der Waals surface area contributed by atoms with Crippen LogP contribution in [0.5, 0.6) is 0 Å². The van der Waals surface area contributed by atoms with Gasteiger partial charge in [-0.3, -0.25) is 4.79 Å². The number of carbonyl (C=O) groups excluding carboxylic acids is 1. The Morgan fingerprint density at radius 2 is 2.11 bits per heavy atom. The first kappa shape index (κ1) is 13.4. The molecule has 1 amide bonds. The number of nitrogens with zero attached hydrogens (tertiary/aromatic N) is 1. The SMILES string of the molecule is CCC[C@H]1CCCN(C(=O)[C@@H]2C[C@H]3CC[C@H]2O3)CC1. The van der Waals surface area contributed by atoms with Crippen LogP contribution < -0.4 is 0 Å². The third-order valence-corrected chi connectivity index (χ3v) is 5.28. The summed E-state index contributed by atoms with van der Waals surface area (Å²) >= 11 is 0. The van der Waals surface area contributed by atoms with Crippen molar-refractivity contribution in [1.82, 2.24) is 4.90 Å². The van der Waals surface area contributed by atoms with Crippen molar-refractivity contribution in [3.05, 3.63) is 0 Å². The molecule has 0 aromatic heterocycles. The van der Waals surface area contributed by atoms with Crippen molar-refractivity contribution < 1.29 is 9.53 Å². The highest BCUT2D eigenvalue weighted by atomic mass is 16.5. The molecule has 3 rings (SSSR count). The Morgan fingerprint density at radius 1 is 1.21 bits per heavy atom. The van der Waals surface area contributed by atoms with Gasteiger partial charge in [0.1, 0.15) is 0 Å². The average molecular weight is 265 g/mol. The lowest BCUT2D eigenvalue weighted by Crippen LogP contribution is -2.40. The first-order valence-electron chi connectivity index (χ1n) is 8.22. The number of rotatable bonds is 3. The Kier molecular flexibility index (Phi) is 4.11. The Morgan fingerprint density at radius 3 is 2.79 bits per heavy atom. The largest absolute Gasteiger partial charge is 0.374 e. The summed E-state index contributed by atoms with van der Waals surface area (Å²) in [7, 11) is 0. The Bertz CT molecular complexity index is 331. The summed E-state index contributed by atoms with van der Waals surface area (Å²) in [5.74, 6) is 1.42. The minimum atomic E-state index is 0.182. The van der Waals surface area contributed by atoms with E-state index in [0.717, 1.165) is 31.8 Å². The van der Waals surface area contributed by atoms with E-state index in [1.807, 2.05) is 0 Å². The van der Waals surface area contributed by atoms with Gasteiger partial charge < -0.3 is 9.64 Å². The lowest BCUT2D eigenvalue weighted by Gasteiger charge is -2.27. The van der Waals surface area contributed by atoms with Crippen LogP contribution in [0.15, 0.2) is 0 Å².